The third-order valence-corrected chi connectivity index (χ3v) is 11.1. The van der Waals surface area contributed by atoms with Crippen molar-refractivity contribution in [3.05, 3.63) is 114 Å². The van der Waals surface area contributed by atoms with Crippen LogP contribution in [0.2, 0.25) is 0 Å². The molecule has 1 aliphatic rings. The number of nitrogens with one attached hydrogen (secondary N) is 1. The normalized spacial score (nSPS) is 13.7. The maximum atomic E-state index is 14.0. The molecule has 4 aromatic rings. The SMILES string of the molecule is COc1ccc(S(=O)(=O)N(Cc2ccccc2)c2ccccc2C(=O)NCCOc2ccc(S(=O)(=O)N3CCCC3)cc2)cc1. The Hall–Kier alpha value is -4.39. The number of benzene rings is 4. The average Bonchev–Trinajstić information content (AvgIpc) is 3.63. The van der Waals surface area contributed by atoms with Gasteiger partial charge in [-0.25, -0.2) is 16.8 Å². The zero-order valence-electron chi connectivity index (χ0n) is 24.8. The standard InChI is InChI=1S/C33H35N3O7S2/c1-42-27-13-17-30(18-14-27)45(40,41)36(25-26-9-3-2-4-10-26)32-12-6-5-11-31(32)33(37)34-21-24-43-28-15-19-29(20-16-28)44(38,39)35-22-7-8-23-35/h2-6,9-20H,7-8,21-25H2,1H3,(H,34,37). The molecule has 0 spiro atoms. The van der Waals surface area contributed by atoms with Gasteiger partial charge in [0.1, 0.15) is 18.1 Å². The van der Waals surface area contributed by atoms with Crippen molar-refractivity contribution in [2.24, 2.45) is 0 Å². The molecule has 0 bridgehead atoms. The highest BCUT2D eigenvalue weighted by atomic mass is 32.2. The van der Waals surface area contributed by atoms with E-state index in [0.717, 1.165) is 18.4 Å². The fourth-order valence-corrected chi connectivity index (χ4v) is 8.01. The van der Waals surface area contributed by atoms with Gasteiger partial charge in [0.05, 0.1) is 41.2 Å². The van der Waals surface area contributed by atoms with Gasteiger partial charge in [-0.2, -0.15) is 4.31 Å². The van der Waals surface area contributed by atoms with E-state index in [-0.39, 0.29) is 40.7 Å². The summed E-state index contributed by atoms with van der Waals surface area (Å²) in [5, 5.41) is 2.80. The Morgan fingerprint density at radius 1 is 0.778 bits per heavy atom. The number of ether oxygens (including phenoxy) is 2. The minimum Gasteiger partial charge on any atom is -0.497 e. The monoisotopic (exact) mass is 649 g/mol. The lowest BCUT2D eigenvalue weighted by atomic mass is 10.1. The summed E-state index contributed by atoms with van der Waals surface area (Å²) in [6, 6.07) is 28.0. The highest BCUT2D eigenvalue weighted by molar-refractivity contribution is 7.92. The Morgan fingerprint density at radius 2 is 1.38 bits per heavy atom. The second kappa shape index (κ2) is 14.1. The van der Waals surface area contributed by atoms with Gasteiger partial charge in [0, 0.05) is 13.1 Å². The lowest BCUT2D eigenvalue weighted by Gasteiger charge is -2.26. The third-order valence-electron chi connectivity index (χ3n) is 7.42. The maximum absolute atomic E-state index is 14.0. The first-order chi connectivity index (χ1) is 21.7. The number of methoxy groups -OCH3 is 1. The molecular formula is C33H35N3O7S2. The first kappa shape index (κ1) is 32.0. The van der Waals surface area contributed by atoms with Crippen molar-refractivity contribution in [1.29, 1.82) is 0 Å². The van der Waals surface area contributed by atoms with Crippen molar-refractivity contribution in [1.82, 2.24) is 9.62 Å². The number of nitrogens with zero attached hydrogens (tertiary/aromatic N) is 2. The van der Waals surface area contributed by atoms with Gasteiger partial charge in [0.2, 0.25) is 10.0 Å². The van der Waals surface area contributed by atoms with Gasteiger partial charge in [0.15, 0.2) is 0 Å². The van der Waals surface area contributed by atoms with Crippen LogP contribution >= 0.6 is 0 Å². The molecule has 12 heteroatoms. The Morgan fingerprint density at radius 3 is 2.04 bits per heavy atom. The van der Waals surface area contributed by atoms with Crippen molar-refractivity contribution in [3.8, 4) is 11.5 Å². The Bertz CT molecular complexity index is 1810. The number of anilines is 1. The summed E-state index contributed by atoms with van der Waals surface area (Å²) in [5.41, 5.74) is 1.16. The lowest BCUT2D eigenvalue weighted by Crippen LogP contribution is -2.34. The van der Waals surface area contributed by atoms with Gasteiger partial charge in [0.25, 0.3) is 15.9 Å². The van der Waals surface area contributed by atoms with Crippen LogP contribution in [0, 0.1) is 0 Å². The second-order valence-corrected chi connectivity index (χ2v) is 14.2. The molecule has 1 amide bonds. The highest BCUT2D eigenvalue weighted by Crippen LogP contribution is 2.30. The van der Waals surface area contributed by atoms with Crippen LogP contribution in [0.5, 0.6) is 11.5 Å². The molecule has 10 nitrogen and oxygen atoms in total. The van der Waals surface area contributed by atoms with Crippen LogP contribution in [-0.4, -0.2) is 60.4 Å². The van der Waals surface area contributed by atoms with Crippen LogP contribution in [0.1, 0.15) is 28.8 Å². The van der Waals surface area contributed by atoms with E-state index in [9.17, 15) is 21.6 Å². The molecule has 1 saturated heterocycles. The van der Waals surface area contributed by atoms with Gasteiger partial charge in [-0.05, 0) is 79.1 Å². The Kier molecular flexibility index (Phi) is 10.1. The first-order valence-electron chi connectivity index (χ1n) is 14.5. The van der Waals surface area contributed by atoms with E-state index in [1.165, 1.54) is 40.0 Å². The van der Waals surface area contributed by atoms with Crippen molar-refractivity contribution >= 4 is 31.6 Å². The summed E-state index contributed by atoms with van der Waals surface area (Å²) in [6.45, 7) is 1.31. The van der Waals surface area contributed by atoms with Gasteiger partial charge < -0.3 is 14.8 Å². The Balaban J connectivity index is 1.29. The molecule has 1 aliphatic heterocycles. The number of carbonyl (C=O) groups excluding carboxylic acids is 1. The van der Waals surface area contributed by atoms with Crippen molar-refractivity contribution < 1.29 is 31.1 Å². The van der Waals surface area contributed by atoms with E-state index in [0.29, 0.717) is 24.6 Å². The van der Waals surface area contributed by atoms with E-state index < -0.39 is 26.0 Å². The van der Waals surface area contributed by atoms with E-state index in [4.69, 9.17) is 9.47 Å². The minimum absolute atomic E-state index is 0.00603. The molecule has 1 N–H and O–H groups in total. The van der Waals surface area contributed by atoms with Crippen LogP contribution in [0.15, 0.2) is 113 Å². The highest BCUT2D eigenvalue weighted by Gasteiger charge is 2.29. The molecular weight excluding hydrogens is 615 g/mol. The molecule has 0 saturated carbocycles. The van der Waals surface area contributed by atoms with Gasteiger partial charge >= 0.3 is 0 Å². The predicted molar refractivity (Wildman–Crippen MR) is 172 cm³/mol. The van der Waals surface area contributed by atoms with Gasteiger partial charge in [-0.1, -0.05) is 42.5 Å². The summed E-state index contributed by atoms with van der Waals surface area (Å²) in [4.78, 5) is 13.7. The number of sulfonamides is 2. The minimum atomic E-state index is -4.09. The summed E-state index contributed by atoms with van der Waals surface area (Å²) in [5.74, 6) is 0.516. The van der Waals surface area contributed by atoms with Gasteiger partial charge in [-0.15, -0.1) is 0 Å². The maximum Gasteiger partial charge on any atom is 0.264 e. The van der Waals surface area contributed by atoms with Crippen molar-refractivity contribution in [2.75, 3.05) is 37.7 Å². The van der Waals surface area contributed by atoms with E-state index in [1.807, 2.05) is 30.3 Å². The molecule has 0 aliphatic carbocycles. The van der Waals surface area contributed by atoms with Crippen LogP contribution in [-0.2, 0) is 26.6 Å². The average molecular weight is 650 g/mol. The molecule has 45 heavy (non-hydrogen) atoms. The largest absolute Gasteiger partial charge is 0.497 e. The molecule has 0 aromatic heterocycles. The van der Waals surface area contributed by atoms with E-state index >= 15 is 0 Å². The number of amides is 1. The molecule has 1 heterocycles. The smallest absolute Gasteiger partial charge is 0.264 e. The molecule has 1 fully saturated rings. The second-order valence-electron chi connectivity index (χ2n) is 10.4. The summed E-state index contributed by atoms with van der Waals surface area (Å²) < 4.78 is 67.1. The van der Waals surface area contributed by atoms with Crippen LogP contribution in [0.25, 0.3) is 0 Å². The molecule has 5 rings (SSSR count). The van der Waals surface area contributed by atoms with Crippen molar-refractivity contribution in [3.63, 3.8) is 0 Å². The molecule has 0 unspecified atom stereocenters. The number of hydrogen-bond acceptors (Lipinski definition) is 7. The number of para-hydroxylation sites is 1. The quantitative estimate of drug-likeness (QED) is 0.209. The fourth-order valence-electron chi connectivity index (χ4n) is 5.02. The number of rotatable bonds is 13. The number of hydrogen-bond donors (Lipinski definition) is 1. The summed E-state index contributed by atoms with van der Waals surface area (Å²) in [6.07, 6.45) is 1.72. The first-order valence-corrected chi connectivity index (χ1v) is 17.4. The lowest BCUT2D eigenvalue weighted by molar-refractivity contribution is 0.0947. The molecule has 236 valence electrons. The predicted octanol–water partition coefficient (Wildman–Crippen LogP) is 4.68. The Labute approximate surface area is 264 Å². The third kappa shape index (κ3) is 7.47. The van der Waals surface area contributed by atoms with E-state index in [2.05, 4.69) is 5.32 Å². The topological polar surface area (TPSA) is 122 Å². The van der Waals surface area contributed by atoms with Crippen LogP contribution in [0.4, 0.5) is 5.69 Å². The fraction of sp³-hybridized carbons (Fsp3) is 0.242. The van der Waals surface area contributed by atoms with Crippen molar-refractivity contribution in [2.45, 2.75) is 29.2 Å². The zero-order valence-corrected chi connectivity index (χ0v) is 26.5. The molecule has 0 atom stereocenters. The summed E-state index contributed by atoms with van der Waals surface area (Å²) >= 11 is 0. The number of carbonyl (C=O) groups is 1. The van der Waals surface area contributed by atoms with Crippen LogP contribution < -0.4 is 19.1 Å². The zero-order chi connectivity index (χ0) is 31.9. The van der Waals surface area contributed by atoms with Crippen LogP contribution in [0.3, 0.4) is 0 Å². The van der Waals surface area contributed by atoms with E-state index in [1.54, 1.807) is 48.5 Å². The molecule has 4 aromatic carbocycles. The molecule has 0 radical (unpaired) electrons. The summed E-state index contributed by atoms with van der Waals surface area (Å²) in [7, 11) is -6.10. The van der Waals surface area contributed by atoms with Gasteiger partial charge in [-0.3, -0.25) is 9.10 Å².